The standard InChI is InChI=1S/C25H42N2O.C6H8Si/c1-3-4-5-7-10-22(2)27-19-15-25(16-20-27)28-24-13-11-23(12-14-24)21-26-17-8-6-9-18-26;7-6-4-2-1-3-5-6/h11-14,22,25H,3-10,15-21H2,1-2H3;1-5H,7H3. The van der Waals surface area contributed by atoms with Gasteiger partial charge in [-0.15, -0.1) is 0 Å². The first-order valence-electron chi connectivity index (χ1n) is 14.4. The van der Waals surface area contributed by atoms with Crippen LogP contribution in [0.4, 0.5) is 0 Å². The minimum Gasteiger partial charge on any atom is -0.490 e. The molecule has 0 aromatic heterocycles. The third-order valence-electron chi connectivity index (χ3n) is 7.60. The Morgan fingerprint density at radius 3 is 2.14 bits per heavy atom. The van der Waals surface area contributed by atoms with Crippen LogP contribution in [0.2, 0.25) is 0 Å². The monoisotopic (exact) mass is 494 g/mol. The third kappa shape index (κ3) is 10.9. The molecule has 4 rings (SSSR count). The number of hydrogen-bond acceptors (Lipinski definition) is 3. The van der Waals surface area contributed by atoms with E-state index in [0.717, 1.165) is 31.2 Å². The van der Waals surface area contributed by atoms with Crippen molar-refractivity contribution >= 4 is 15.4 Å². The van der Waals surface area contributed by atoms with Gasteiger partial charge in [0.15, 0.2) is 0 Å². The van der Waals surface area contributed by atoms with Crippen molar-refractivity contribution < 1.29 is 4.74 Å². The number of piperidine rings is 2. The Kier molecular flexibility index (Phi) is 12.9. The van der Waals surface area contributed by atoms with E-state index >= 15 is 0 Å². The summed E-state index contributed by atoms with van der Waals surface area (Å²) in [6.07, 6.45) is 13.7. The summed E-state index contributed by atoms with van der Waals surface area (Å²) in [5.74, 6) is 1.05. The highest BCUT2D eigenvalue weighted by atomic mass is 28.1. The van der Waals surface area contributed by atoms with Gasteiger partial charge in [-0.2, -0.15) is 0 Å². The summed E-state index contributed by atoms with van der Waals surface area (Å²) in [6, 6.07) is 20.1. The SMILES string of the molecule is CCCCCCC(C)N1CCC(Oc2ccc(CN3CCCCC3)cc2)CC1.[SiH3]c1ccccc1. The number of hydrogen-bond donors (Lipinski definition) is 0. The highest BCUT2D eigenvalue weighted by Gasteiger charge is 2.23. The molecule has 2 aromatic carbocycles. The lowest BCUT2D eigenvalue weighted by Crippen LogP contribution is -2.42. The zero-order valence-electron chi connectivity index (χ0n) is 22.8. The minimum atomic E-state index is 0.386. The van der Waals surface area contributed by atoms with Crippen molar-refractivity contribution in [3.8, 4) is 5.75 Å². The first kappa shape index (κ1) is 28.0. The lowest BCUT2D eigenvalue weighted by molar-refractivity contribution is 0.0767. The van der Waals surface area contributed by atoms with Crippen molar-refractivity contribution in [1.82, 2.24) is 9.80 Å². The summed E-state index contributed by atoms with van der Waals surface area (Å²) < 4.78 is 6.30. The second-order valence-electron chi connectivity index (χ2n) is 10.7. The molecule has 1 atom stereocenters. The first-order valence-corrected chi connectivity index (χ1v) is 15.4. The van der Waals surface area contributed by atoms with Gasteiger partial charge in [0.1, 0.15) is 11.9 Å². The van der Waals surface area contributed by atoms with Gasteiger partial charge < -0.3 is 9.64 Å². The first-order chi connectivity index (χ1) is 17.1. The molecule has 2 heterocycles. The number of ether oxygens (including phenoxy) is 1. The topological polar surface area (TPSA) is 15.7 Å². The van der Waals surface area contributed by atoms with Gasteiger partial charge in [-0.05, 0) is 69.8 Å². The molecule has 2 aliphatic heterocycles. The highest BCUT2D eigenvalue weighted by Crippen LogP contribution is 2.23. The molecule has 2 saturated heterocycles. The number of unbranched alkanes of at least 4 members (excludes halogenated alkanes) is 3. The summed E-state index contributed by atoms with van der Waals surface area (Å²) in [5.41, 5.74) is 1.42. The molecule has 35 heavy (non-hydrogen) atoms. The van der Waals surface area contributed by atoms with E-state index in [9.17, 15) is 0 Å². The van der Waals surface area contributed by atoms with Gasteiger partial charge in [0.25, 0.3) is 0 Å². The molecule has 0 N–H and O–H groups in total. The molecule has 2 aromatic rings. The van der Waals surface area contributed by atoms with Crippen LogP contribution in [0.5, 0.6) is 5.75 Å². The fraction of sp³-hybridized carbons (Fsp3) is 0.613. The van der Waals surface area contributed by atoms with Crippen molar-refractivity contribution in [2.24, 2.45) is 0 Å². The van der Waals surface area contributed by atoms with E-state index in [4.69, 9.17) is 4.74 Å². The van der Waals surface area contributed by atoms with Crippen LogP contribution in [0.15, 0.2) is 54.6 Å². The summed E-state index contributed by atoms with van der Waals surface area (Å²) in [7, 11) is 1.17. The molecule has 0 bridgehead atoms. The predicted molar refractivity (Wildman–Crippen MR) is 155 cm³/mol. The molecule has 0 amide bonds. The van der Waals surface area contributed by atoms with Gasteiger partial charge in [0.2, 0.25) is 0 Å². The molecule has 3 nitrogen and oxygen atoms in total. The Hall–Kier alpha value is -1.62. The molecule has 0 aliphatic carbocycles. The highest BCUT2D eigenvalue weighted by molar-refractivity contribution is 6.32. The Morgan fingerprint density at radius 1 is 0.857 bits per heavy atom. The Labute approximate surface area is 218 Å². The van der Waals surface area contributed by atoms with Crippen LogP contribution >= 0.6 is 0 Å². The smallest absolute Gasteiger partial charge is 0.119 e. The van der Waals surface area contributed by atoms with Crippen LogP contribution in [0.25, 0.3) is 0 Å². The van der Waals surface area contributed by atoms with E-state index in [0.29, 0.717) is 6.10 Å². The van der Waals surface area contributed by atoms with Crippen molar-refractivity contribution in [1.29, 1.82) is 0 Å². The Balaban J connectivity index is 0.000000420. The molecule has 2 fully saturated rings. The second-order valence-corrected chi connectivity index (χ2v) is 11.8. The van der Waals surface area contributed by atoms with Crippen LogP contribution < -0.4 is 9.92 Å². The Bertz CT molecular complexity index is 783. The third-order valence-corrected chi connectivity index (χ3v) is 8.26. The quantitative estimate of drug-likeness (QED) is 0.318. The van der Waals surface area contributed by atoms with Gasteiger partial charge >= 0.3 is 0 Å². The van der Waals surface area contributed by atoms with Crippen LogP contribution in [0.3, 0.4) is 0 Å². The van der Waals surface area contributed by atoms with Crippen LogP contribution in [-0.4, -0.2) is 58.4 Å². The molecule has 0 spiro atoms. The van der Waals surface area contributed by atoms with Crippen molar-refractivity contribution in [2.75, 3.05) is 26.2 Å². The van der Waals surface area contributed by atoms with Gasteiger partial charge in [0.05, 0.1) is 0 Å². The summed E-state index contributed by atoms with van der Waals surface area (Å²) in [5, 5.41) is 1.46. The van der Waals surface area contributed by atoms with Crippen molar-refractivity contribution in [2.45, 2.75) is 96.7 Å². The van der Waals surface area contributed by atoms with E-state index in [1.807, 2.05) is 6.07 Å². The molecule has 0 radical (unpaired) electrons. The second kappa shape index (κ2) is 16.2. The fourth-order valence-electron chi connectivity index (χ4n) is 5.26. The molecule has 2 aliphatic rings. The average Bonchev–Trinajstić information content (AvgIpc) is 2.90. The Morgan fingerprint density at radius 2 is 1.54 bits per heavy atom. The van der Waals surface area contributed by atoms with E-state index in [-0.39, 0.29) is 0 Å². The minimum absolute atomic E-state index is 0.386. The van der Waals surface area contributed by atoms with Crippen LogP contribution in [-0.2, 0) is 6.54 Å². The zero-order valence-corrected chi connectivity index (χ0v) is 24.8. The molecular formula is C31H50N2OSi. The van der Waals surface area contributed by atoms with Gasteiger partial charge in [-0.25, -0.2) is 0 Å². The fourth-order valence-corrected chi connectivity index (χ4v) is 5.64. The normalized spacial score (nSPS) is 18.6. The lowest BCUT2D eigenvalue weighted by atomic mass is 10.0. The van der Waals surface area contributed by atoms with E-state index < -0.39 is 0 Å². The molecule has 1 unspecified atom stereocenters. The molecule has 194 valence electrons. The van der Waals surface area contributed by atoms with Crippen molar-refractivity contribution in [3.05, 3.63) is 60.2 Å². The van der Waals surface area contributed by atoms with Gasteiger partial charge in [0, 0.05) is 35.9 Å². The van der Waals surface area contributed by atoms with Crippen molar-refractivity contribution in [3.63, 3.8) is 0 Å². The molecule has 0 saturated carbocycles. The van der Waals surface area contributed by atoms with E-state index in [1.165, 1.54) is 98.5 Å². The van der Waals surface area contributed by atoms with Gasteiger partial charge in [-0.1, -0.05) is 86.7 Å². The lowest BCUT2D eigenvalue weighted by Gasteiger charge is -2.36. The molecule has 4 heteroatoms. The number of nitrogens with zero attached hydrogens (tertiary/aromatic N) is 2. The summed E-state index contributed by atoms with van der Waals surface area (Å²) in [4.78, 5) is 5.26. The average molecular weight is 495 g/mol. The zero-order chi connectivity index (χ0) is 24.7. The number of benzene rings is 2. The number of likely N-dealkylation sites (tertiary alicyclic amines) is 2. The van der Waals surface area contributed by atoms with E-state index in [1.54, 1.807) is 0 Å². The van der Waals surface area contributed by atoms with E-state index in [2.05, 4.69) is 72.2 Å². The number of rotatable bonds is 10. The largest absolute Gasteiger partial charge is 0.490 e. The van der Waals surface area contributed by atoms with Gasteiger partial charge in [-0.3, -0.25) is 4.90 Å². The maximum Gasteiger partial charge on any atom is 0.119 e. The maximum absolute atomic E-state index is 6.30. The molecular weight excluding hydrogens is 444 g/mol. The summed E-state index contributed by atoms with van der Waals surface area (Å²) >= 11 is 0. The summed E-state index contributed by atoms with van der Waals surface area (Å²) in [6.45, 7) is 10.7. The van der Waals surface area contributed by atoms with Crippen LogP contribution in [0.1, 0.15) is 83.6 Å². The van der Waals surface area contributed by atoms with Crippen LogP contribution in [0, 0.1) is 0 Å². The maximum atomic E-state index is 6.30. The predicted octanol–water partition coefficient (Wildman–Crippen LogP) is 5.55.